The lowest BCUT2D eigenvalue weighted by molar-refractivity contribution is -0.140. The van der Waals surface area contributed by atoms with E-state index < -0.39 is 12.0 Å². The maximum Gasteiger partial charge on any atom is 0.331 e. The predicted molar refractivity (Wildman–Crippen MR) is 88.6 cm³/mol. The molecule has 2 atom stereocenters. The third-order valence-electron chi connectivity index (χ3n) is 4.48. The summed E-state index contributed by atoms with van der Waals surface area (Å²) in [5.74, 6) is -1.20. The molecule has 118 valence electrons. The number of nitrogens with zero attached hydrogens (tertiary/aromatic N) is 1. The first-order valence-electron chi connectivity index (χ1n) is 7.76. The van der Waals surface area contributed by atoms with Crippen LogP contribution in [-0.2, 0) is 9.59 Å². The van der Waals surface area contributed by atoms with Crippen LogP contribution in [0.1, 0.15) is 48.9 Å². The molecule has 1 aliphatic rings. The molecule has 1 aliphatic heterocycles. The van der Waals surface area contributed by atoms with Gasteiger partial charge in [-0.25, -0.2) is 4.79 Å². The molecule has 3 rings (SSSR count). The minimum absolute atomic E-state index is 0.0774. The fourth-order valence-electron chi connectivity index (χ4n) is 3.56. The summed E-state index contributed by atoms with van der Waals surface area (Å²) in [6.45, 7) is 3.50. The van der Waals surface area contributed by atoms with Crippen molar-refractivity contribution in [1.29, 1.82) is 0 Å². The molecular weight excluding hydrogens is 290 g/mol. The van der Waals surface area contributed by atoms with Gasteiger partial charge in [-0.05, 0) is 29.2 Å². The van der Waals surface area contributed by atoms with Gasteiger partial charge >= 0.3 is 5.97 Å². The van der Waals surface area contributed by atoms with Crippen molar-refractivity contribution < 1.29 is 14.7 Å². The largest absolute Gasteiger partial charge is 0.479 e. The quantitative estimate of drug-likeness (QED) is 0.919. The smallest absolute Gasteiger partial charge is 0.331 e. The van der Waals surface area contributed by atoms with Crippen LogP contribution in [0.3, 0.4) is 0 Å². The highest BCUT2D eigenvalue weighted by atomic mass is 16.4. The van der Waals surface area contributed by atoms with Gasteiger partial charge in [0.25, 0.3) is 0 Å². The van der Waals surface area contributed by atoms with Crippen LogP contribution in [0.5, 0.6) is 0 Å². The van der Waals surface area contributed by atoms with Crippen molar-refractivity contribution in [3.63, 3.8) is 0 Å². The first-order valence-corrected chi connectivity index (χ1v) is 7.76. The Kier molecular flexibility index (Phi) is 3.90. The summed E-state index contributed by atoms with van der Waals surface area (Å²) in [6, 6.07) is 14.1. The van der Waals surface area contributed by atoms with Gasteiger partial charge in [-0.1, -0.05) is 49.4 Å². The van der Waals surface area contributed by atoms with Crippen LogP contribution in [0.15, 0.2) is 48.5 Å². The number of anilines is 1. The first kappa shape index (κ1) is 15.3. The van der Waals surface area contributed by atoms with Gasteiger partial charge in [-0.2, -0.15) is 0 Å². The number of rotatable bonds is 2. The molecule has 1 heterocycles. The molecule has 2 aromatic carbocycles. The van der Waals surface area contributed by atoms with Crippen molar-refractivity contribution in [2.24, 2.45) is 0 Å². The minimum Gasteiger partial charge on any atom is -0.479 e. The second-order valence-corrected chi connectivity index (χ2v) is 5.78. The molecular formula is C19H19NO3. The number of hydrogen-bond donors (Lipinski definition) is 1. The van der Waals surface area contributed by atoms with E-state index in [0.29, 0.717) is 11.3 Å². The van der Waals surface area contributed by atoms with Crippen molar-refractivity contribution >= 4 is 17.6 Å². The Hall–Kier alpha value is -2.62. The van der Waals surface area contributed by atoms with E-state index in [1.54, 1.807) is 0 Å². The molecule has 0 aliphatic carbocycles. The van der Waals surface area contributed by atoms with E-state index in [9.17, 15) is 14.7 Å². The van der Waals surface area contributed by atoms with E-state index in [4.69, 9.17) is 0 Å². The number of benzene rings is 2. The van der Waals surface area contributed by atoms with Crippen LogP contribution >= 0.6 is 0 Å². The molecule has 2 aromatic rings. The van der Waals surface area contributed by atoms with Gasteiger partial charge < -0.3 is 5.11 Å². The topological polar surface area (TPSA) is 57.6 Å². The fraction of sp³-hybridized carbons (Fsp3) is 0.263. The third-order valence-corrected chi connectivity index (χ3v) is 4.48. The Bertz CT molecular complexity index is 705. The Morgan fingerprint density at radius 2 is 1.57 bits per heavy atom. The van der Waals surface area contributed by atoms with Gasteiger partial charge in [0.15, 0.2) is 6.04 Å². The maximum atomic E-state index is 12.3. The monoisotopic (exact) mass is 309 g/mol. The molecule has 0 fully saturated rings. The highest BCUT2D eigenvalue weighted by molar-refractivity contribution is 6.00. The number of carboxylic acid groups (broad SMARTS) is 1. The highest BCUT2D eigenvalue weighted by Gasteiger charge is 2.38. The maximum absolute atomic E-state index is 12.3. The highest BCUT2D eigenvalue weighted by Crippen LogP contribution is 2.44. The number of carbonyl (C=O) groups excluding carboxylic acids is 1. The Balaban J connectivity index is 2.38. The summed E-state index contributed by atoms with van der Waals surface area (Å²) in [7, 11) is 0. The number of carbonyl (C=O) groups is 2. The van der Waals surface area contributed by atoms with Gasteiger partial charge in [-0.3, -0.25) is 9.69 Å². The Morgan fingerprint density at radius 3 is 2.13 bits per heavy atom. The van der Waals surface area contributed by atoms with E-state index in [2.05, 4.69) is 6.92 Å². The SMILES string of the molecule is CC[C@@H]1c2ccccc2[C@H](C(=O)O)N(C(C)=O)c2ccccc21. The molecule has 4 heteroatoms. The molecule has 0 radical (unpaired) electrons. The fourth-order valence-corrected chi connectivity index (χ4v) is 3.56. The number of amides is 1. The predicted octanol–water partition coefficient (Wildman–Crippen LogP) is 3.72. The molecule has 0 unspecified atom stereocenters. The van der Waals surface area contributed by atoms with E-state index in [-0.39, 0.29) is 11.8 Å². The molecule has 0 saturated heterocycles. The van der Waals surface area contributed by atoms with Crippen molar-refractivity contribution in [1.82, 2.24) is 0 Å². The standard InChI is InChI=1S/C19H19NO3/c1-3-13-14-8-4-5-10-16(14)18(19(22)23)20(12(2)21)17-11-7-6-9-15(13)17/h4-11,13,18H,3H2,1-2H3,(H,22,23)/t13-,18-/m1/s1. The van der Waals surface area contributed by atoms with Crippen LogP contribution in [-0.4, -0.2) is 17.0 Å². The van der Waals surface area contributed by atoms with Crippen LogP contribution in [0.25, 0.3) is 0 Å². The third kappa shape index (κ3) is 2.40. The van der Waals surface area contributed by atoms with E-state index in [1.807, 2.05) is 48.5 Å². The molecule has 0 spiro atoms. The molecule has 0 saturated carbocycles. The average Bonchev–Trinajstić information content (AvgIpc) is 2.66. The molecule has 1 N–H and O–H groups in total. The zero-order chi connectivity index (χ0) is 16.6. The molecule has 1 amide bonds. The molecule has 4 nitrogen and oxygen atoms in total. The second-order valence-electron chi connectivity index (χ2n) is 5.78. The summed E-state index contributed by atoms with van der Waals surface area (Å²) in [6.07, 6.45) is 0.839. The van der Waals surface area contributed by atoms with E-state index in [0.717, 1.165) is 17.5 Å². The van der Waals surface area contributed by atoms with Crippen LogP contribution < -0.4 is 4.90 Å². The lowest BCUT2D eigenvalue weighted by Gasteiger charge is -2.28. The van der Waals surface area contributed by atoms with Gasteiger partial charge in [0.2, 0.25) is 5.91 Å². The number of hydrogen-bond acceptors (Lipinski definition) is 2. The van der Waals surface area contributed by atoms with Crippen LogP contribution in [0.2, 0.25) is 0 Å². The molecule has 0 aromatic heterocycles. The van der Waals surface area contributed by atoms with Crippen molar-refractivity contribution in [3.8, 4) is 0 Å². The number of fused-ring (bicyclic) bond motifs is 2. The summed E-state index contributed by atoms with van der Waals surface area (Å²) in [5, 5.41) is 9.82. The molecule has 23 heavy (non-hydrogen) atoms. The summed E-state index contributed by atoms with van der Waals surface area (Å²) in [4.78, 5) is 25.7. The van der Waals surface area contributed by atoms with Crippen molar-refractivity contribution in [2.75, 3.05) is 4.90 Å². The van der Waals surface area contributed by atoms with Crippen LogP contribution in [0.4, 0.5) is 5.69 Å². The second kappa shape index (κ2) is 5.88. The summed E-state index contributed by atoms with van der Waals surface area (Å²) >= 11 is 0. The van der Waals surface area contributed by atoms with Gasteiger partial charge in [0.1, 0.15) is 0 Å². The van der Waals surface area contributed by atoms with Crippen molar-refractivity contribution in [3.05, 3.63) is 65.2 Å². The van der Waals surface area contributed by atoms with Crippen molar-refractivity contribution in [2.45, 2.75) is 32.2 Å². The number of aliphatic carboxylic acids is 1. The normalized spacial score (nSPS) is 19.5. The zero-order valence-corrected chi connectivity index (χ0v) is 13.2. The lowest BCUT2D eigenvalue weighted by Crippen LogP contribution is -2.37. The average molecular weight is 309 g/mol. The van der Waals surface area contributed by atoms with Gasteiger partial charge in [0, 0.05) is 18.5 Å². The minimum atomic E-state index is -1.01. The Morgan fingerprint density at radius 1 is 1.00 bits per heavy atom. The Labute approximate surface area is 135 Å². The van der Waals surface area contributed by atoms with Crippen LogP contribution in [0, 0.1) is 0 Å². The van der Waals surface area contributed by atoms with Gasteiger partial charge in [-0.15, -0.1) is 0 Å². The summed E-state index contributed by atoms with van der Waals surface area (Å²) in [5.41, 5.74) is 3.37. The number of carboxylic acids is 1. The number of para-hydroxylation sites is 1. The van der Waals surface area contributed by atoms with E-state index in [1.165, 1.54) is 11.8 Å². The zero-order valence-electron chi connectivity index (χ0n) is 13.2. The summed E-state index contributed by atoms with van der Waals surface area (Å²) < 4.78 is 0. The molecule has 0 bridgehead atoms. The lowest BCUT2D eigenvalue weighted by atomic mass is 9.85. The van der Waals surface area contributed by atoms with Gasteiger partial charge in [0.05, 0.1) is 0 Å². The van der Waals surface area contributed by atoms with E-state index >= 15 is 0 Å². The first-order chi connectivity index (χ1) is 11.1.